The first-order valence-electron chi connectivity index (χ1n) is 4.28. The van der Waals surface area contributed by atoms with Crippen LogP contribution in [0.1, 0.15) is 5.56 Å². The van der Waals surface area contributed by atoms with Gasteiger partial charge >= 0.3 is 6.09 Å². The Morgan fingerprint density at radius 1 is 1.75 bits per heavy atom. The number of nitrogens with one attached hydrogen (secondary N) is 1. The highest BCUT2D eigenvalue weighted by Crippen LogP contribution is 2.15. The van der Waals surface area contributed by atoms with Crippen molar-refractivity contribution in [3.05, 3.63) is 35.5 Å². The molecule has 0 fully saturated rings. The maximum absolute atomic E-state index is 11.1. The van der Waals surface area contributed by atoms with E-state index in [4.69, 9.17) is 16.9 Å². The standard InChI is InChI=1S/C10H8ClN3O2/c1-2-5-16-10(15)14-8-4-3-7(6-12)9(11)13-8/h2-4H,1,5H2,(H,13,14,15). The summed E-state index contributed by atoms with van der Waals surface area (Å²) in [7, 11) is 0. The SMILES string of the molecule is C=CCOC(=O)Nc1ccc(C#N)c(Cl)n1. The number of ether oxygens (including phenoxy) is 1. The van der Waals surface area contributed by atoms with Gasteiger partial charge in [0.1, 0.15) is 23.6 Å². The third-order valence-electron chi connectivity index (χ3n) is 1.53. The number of amides is 1. The van der Waals surface area contributed by atoms with Crippen molar-refractivity contribution in [3.8, 4) is 6.07 Å². The molecule has 0 bridgehead atoms. The lowest BCUT2D eigenvalue weighted by atomic mass is 10.3. The van der Waals surface area contributed by atoms with E-state index in [1.165, 1.54) is 18.2 Å². The fourth-order valence-corrected chi connectivity index (χ4v) is 1.06. The predicted molar refractivity (Wildman–Crippen MR) is 59.1 cm³/mol. The Kier molecular flexibility index (Phi) is 4.30. The highest BCUT2D eigenvalue weighted by atomic mass is 35.5. The largest absolute Gasteiger partial charge is 0.445 e. The molecule has 1 heterocycles. The van der Waals surface area contributed by atoms with E-state index in [1.54, 1.807) is 0 Å². The molecule has 1 N–H and O–H groups in total. The summed E-state index contributed by atoms with van der Waals surface area (Å²) in [6.07, 6.45) is 0.784. The molecular formula is C10H8ClN3O2. The lowest BCUT2D eigenvalue weighted by Crippen LogP contribution is -2.14. The van der Waals surface area contributed by atoms with Gasteiger partial charge < -0.3 is 4.74 Å². The number of aromatic nitrogens is 1. The van der Waals surface area contributed by atoms with Crippen molar-refractivity contribution in [2.75, 3.05) is 11.9 Å². The molecule has 1 aromatic rings. The Bertz CT molecular complexity index is 454. The molecule has 0 saturated heterocycles. The summed E-state index contributed by atoms with van der Waals surface area (Å²) in [4.78, 5) is 14.9. The molecule has 0 saturated carbocycles. The van der Waals surface area contributed by atoms with Gasteiger partial charge in [0.25, 0.3) is 0 Å². The Balaban J connectivity index is 2.68. The third kappa shape index (κ3) is 3.26. The molecule has 0 aliphatic carbocycles. The van der Waals surface area contributed by atoms with Gasteiger partial charge in [0, 0.05) is 0 Å². The quantitative estimate of drug-likeness (QED) is 0.647. The number of nitriles is 1. The van der Waals surface area contributed by atoms with Crippen LogP contribution < -0.4 is 5.32 Å². The molecule has 1 rings (SSSR count). The van der Waals surface area contributed by atoms with Gasteiger partial charge in [-0.3, -0.25) is 5.32 Å². The zero-order valence-electron chi connectivity index (χ0n) is 8.24. The number of anilines is 1. The van der Waals surface area contributed by atoms with Crippen molar-refractivity contribution in [2.24, 2.45) is 0 Å². The Morgan fingerprint density at radius 2 is 2.50 bits per heavy atom. The number of pyridine rings is 1. The summed E-state index contributed by atoms with van der Waals surface area (Å²) in [6, 6.07) is 4.77. The number of carbonyl (C=O) groups is 1. The van der Waals surface area contributed by atoms with E-state index in [0.717, 1.165) is 0 Å². The van der Waals surface area contributed by atoms with Crippen LogP contribution in [0.15, 0.2) is 24.8 Å². The average molecular weight is 238 g/mol. The second kappa shape index (κ2) is 5.73. The molecule has 82 valence electrons. The number of hydrogen-bond donors (Lipinski definition) is 1. The molecule has 5 nitrogen and oxygen atoms in total. The molecule has 0 atom stereocenters. The van der Waals surface area contributed by atoms with Crippen LogP contribution >= 0.6 is 11.6 Å². The van der Waals surface area contributed by atoms with Crippen LogP contribution in [0.25, 0.3) is 0 Å². The fraction of sp³-hybridized carbons (Fsp3) is 0.100. The van der Waals surface area contributed by atoms with Crippen molar-refractivity contribution in [3.63, 3.8) is 0 Å². The van der Waals surface area contributed by atoms with Gasteiger partial charge in [-0.15, -0.1) is 0 Å². The summed E-state index contributed by atoms with van der Waals surface area (Å²) in [5, 5.41) is 11.0. The topological polar surface area (TPSA) is 75.0 Å². The minimum atomic E-state index is -0.659. The third-order valence-corrected chi connectivity index (χ3v) is 1.82. The van der Waals surface area contributed by atoms with Crippen LogP contribution in [0, 0.1) is 11.3 Å². The number of nitrogens with zero attached hydrogens (tertiary/aromatic N) is 2. The lowest BCUT2D eigenvalue weighted by Gasteiger charge is -2.04. The van der Waals surface area contributed by atoms with Crippen molar-refractivity contribution < 1.29 is 9.53 Å². The first kappa shape index (κ1) is 12.0. The molecule has 1 aromatic heterocycles. The molecule has 16 heavy (non-hydrogen) atoms. The van der Waals surface area contributed by atoms with Gasteiger partial charge in [-0.1, -0.05) is 24.3 Å². The van der Waals surface area contributed by atoms with Crippen molar-refractivity contribution in [1.29, 1.82) is 5.26 Å². The number of carbonyl (C=O) groups excluding carboxylic acids is 1. The number of halogens is 1. The van der Waals surface area contributed by atoms with Gasteiger partial charge in [-0.05, 0) is 12.1 Å². The molecule has 0 aromatic carbocycles. The van der Waals surface area contributed by atoms with Gasteiger partial charge in [-0.25, -0.2) is 9.78 Å². The van der Waals surface area contributed by atoms with Crippen LogP contribution in [0.3, 0.4) is 0 Å². The van der Waals surface area contributed by atoms with Gasteiger partial charge in [0.05, 0.1) is 5.56 Å². The number of rotatable bonds is 3. The highest BCUT2D eigenvalue weighted by Gasteiger charge is 2.06. The minimum Gasteiger partial charge on any atom is -0.445 e. The molecule has 0 aliphatic heterocycles. The normalized spacial score (nSPS) is 9.00. The van der Waals surface area contributed by atoms with E-state index in [1.807, 2.05) is 6.07 Å². The predicted octanol–water partition coefficient (Wildman–Crippen LogP) is 2.34. The molecule has 0 unspecified atom stereocenters. The molecule has 0 aliphatic rings. The Morgan fingerprint density at radius 3 is 3.06 bits per heavy atom. The zero-order chi connectivity index (χ0) is 12.0. The first-order chi connectivity index (χ1) is 7.67. The molecule has 0 spiro atoms. The van der Waals surface area contributed by atoms with Crippen LogP contribution in [0.5, 0.6) is 0 Å². The number of hydrogen-bond acceptors (Lipinski definition) is 4. The summed E-state index contributed by atoms with van der Waals surface area (Å²) in [5.74, 6) is 0.220. The van der Waals surface area contributed by atoms with Gasteiger partial charge in [0.2, 0.25) is 0 Å². The van der Waals surface area contributed by atoms with Crippen molar-refractivity contribution >= 4 is 23.5 Å². The van der Waals surface area contributed by atoms with Crippen LogP contribution in [0.2, 0.25) is 5.15 Å². The van der Waals surface area contributed by atoms with Crippen LogP contribution in [-0.2, 0) is 4.74 Å². The van der Waals surface area contributed by atoms with E-state index >= 15 is 0 Å². The van der Waals surface area contributed by atoms with Crippen LogP contribution in [0.4, 0.5) is 10.6 Å². The average Bonchev–Trinajstić information content (AvgIpc) is 2.26. The van der Waals surface area contributed by atoms with Gasteiger partial charge in [0.15, 0.2) is 0 Å². The van der Waals surface area contributed by atoms with E-state index in [9.17, 15) is 4.79 Å². The smallest absolute Gasteiger partial charge is 0.413 e. The molecule has 0 radical (unpaired) electrons. The van der Waals surface area contributed by atoms with E-state index < -0.39 is 6.09 Å². The maximum atomic E-state index is 11.1. The molecule has 6 heteroatoms. The van der Waals surface area contributed by atoms with E-state index in [0.29, 0.717) is 0 Å². The minimum absolute atomic E-state index is 0.0315. The first-order valence-corrected chi connectivity index (χ1v) is 4.66. The summed E-state index contributed by atoms with van der Waals surface area (Å²) >= 11 is 5.68. The Labute approximate surface area is 97.3 Å². The van der Waals surface area contributed by atoms with Crippen molar-refractivity contribution in [1.82, 2.24) is 4.98 Å². The highest BCUT2D eigenvalue weighted by molar-refractivity contribution is 6.30. The fourth-order valence-electron chi connectivity index (χ4n) is 0.863. The van der Waals surface area contributed by atoms with Gasteiger partial charge in [-0.2, -0.15) is 5.26 Å². The monoisotopic (exact) mass is 237 g/mol. The van der Waals surface area contributed by atoms with Crippen LogP contribution in [-0.4, -0.2) is 17.7 Å². The van der Waals surface area contributed by atoms with Crippen molar-refractivity contribution in [2.45, 2.75) is 0 Å². The summed E-state index contributed by atoms with van der Waals surface area (Å²) < 4.78 is 4.68. The zero-order valence-corrected chi connectivity index (χ0v) is 8.99. The maximum Gasteiger partial charge on any atom is 0.413 e. The Hall–Kier alpha value is -2.06. The van der Waals surface area contributed by atoms with E-state index in [-0.39, 0.29) is 23.1 Å². The lowest BCUT2D eigenvalue weighted by molar-refractivity contribution is 0.174. The second-order valence-electron chi connectivity index (χ2n) is 2.66. The molecule has 1 amide bonds. The second-order valence-corrected chi connectivity index (χ2v) is 3.02. The van der Waals surface area contributed by atoms with E-state index in [2.05, 4.69) is 21.6 Å². The molecular weight excluding hydrogens is 230 g/mol. The summed E-state index contributed by atoms with van der Waals surface area (Å²) in [6.45, 7) is 3.51. The summed E-state index contributed by atoms with van der Waals surface area (Å²) in [5.41, 5.74) is 0.242.